The van der Waals surface area contributed by atoms with Crippen LogP contribution in [0.15, 0.2) is 60.7 Å². The molecule has 73 heavy (non-hydrogen) atoms. The number of piperidine rings is 2. The topological polar surface area (TPSA) is 185 Å². The monoisotopic (exact) mass is 1040 g/mol. The SMILES string of the molecule is CC1c2c(cc(F)c(Cl)c2-c2c(C(N)=O)ccc(OCCO)c2F)OC1(CNC1CCC(C(=O)N2CCC(N3CCC(c4cc5c(cc4Cl)c(N4CCC(=O)NC4=O)nn5C)CC3)CC2)CC1)c1ccccc1. The highest BCUT2D eigenvalue weighted by atomic mass is 35.5. The van der Waals surface area contributed by atoms with Gasteiger partial charge in [0.15, 0.2) is 23.0 Å². The molecule has 5 heterocycles. The van der Waals surface area contributed by atoms with Gasteiger partial charge in [0.05, 0.1) is 22.7 Å². The smallest absolute Gasteiger partial charge is 0.329 e. The number of imide groups is 1. The van der Waals surface area contributed by atoms with Gasteiger partial charge in [-0.05, 0) is 106 Å². The highest BCUT2D eigenvalue weighted by Gasteiger charge is 2.50. The van der Waals surface area contributed by atoms with E-state index in [2.05, 4.69) is 31.6 Å². The minimum absolute atomic E-state index is 0.0552. The molecule has 19 heteroatoms. The van der Waals surface area contributed by atoms with Gasteiger partial charge >= 0.3 is 6.03 Å². The number of anilines is 1. The maximum atomic E-state index is 16.5. The summed E-state index contributed by atoms with van der Waals surface area (Å²) in [5.41, 5.74) is 7.25. The first-order valence-corrected chi connectivity index (χ1v) is 26.1. The van der Waals surface area contributed by atoms with Crippen LogP contribution in [-0.2, 0) is 22.2 Å². The lowest BCUT2D eigenvalue weighted by atomic mass is 9.77. The fraction of sp³-hybridized carbons (Fsp3) is 0.463. The number of nitrogens with one attached hydrogen (secondary N) is 2. The molecule has 2 unspecified atom stereocenters. The number of carbonyl (C=O) groups is 4. The predicted octanol–water partition coefficient (Wildman–Crippen LogP) is 8.15. The van der Waals surface area contributed by atoms with Crippen LogP contribution in [0.2, 0.25) is 10.0 Å². The van der Waals surface area contributed by atoms with E-state index in [4.69, 9.17) is 38.4 Å². The number of aromatic nitrogens is 2. The number of amides is 5. The Balaban J connectivity index is 0.753. The minimum Gasteiger partial charge on any atom is -0.488 e. The zero-order valence-corrected chi connectivity index (χ0v) is 42.4. The number of fused-ring (bicyclic) bond motifs is 2. The van der Waals surface area contributed by atoms with Crippen molar-refractivity contribution in [1.82, 2.24) is 30.2 Å². The molecule has 2 atom stereocenters. The second kappa shape index (κ2) is 20.8. The van der Waals surface area contributed by atoms with Crippen molar-refractivity contribution < 1.29 is 42.5 Å². The first-order valence-electron chi connectivity index (χ1n) is 25.3. The zero-order valence-electron chi connectivity index (χ0n) is 40.9. The lowest BCUT2D eigenvalue weighted by molar-refractivity contribution is -0.138. The van der Waals surface area contributed by atoms with E-state index in [9.17, 15) is 24.3 Å². The summed E-state index contributed by atoms with van der Waals surface area (Å²) in [6, 6.07) is 17.3. The first kappa shape index (κ1) is 50.7. The van der Waals surface area contributed by atoms with Crippen molar-refractivity contribution >= 4 is 63.7 Å². The number of aryl methyl sites for hydroxylation is 1. The Bertz CT molecular complexity index is 2960. The van der Waals surface area contributed by atoms with E-state index in [0.29, 0.717) is 29.0 Å². The Kier molecular flexibility index (Phi) is 14.4. The molecule has 15 nitrogen and oxygen atoms in total. The number of urea groups is 1. The number of nitrogens with two attached hydrogens (primary N) is 1. The summed E-state index contributed by atoms with van der Waals surface area (Å²) in [5.74, 6) is -2.82. The molecule has 3 saturated heterocycles. The number of primary amides is 1. The van der Waals surface area contributed by atoms with Crippen LogP contribution < -0.4 is 30.7 Å². The molecule has 4 fully saturated rings. The Labute approximate surface area is 432 Å². The summed E-state index contributed by atoms with van der Waals surface area (Å²) in [7, 11) is 1.85. The van der Waals surface area contributed by atoms with Crippen LogP contribution in [0.5, 0.6) is 11.5 Å². The van der Waals surface area contributed by atoms with Crippen molar-refractivity contribution in [2.24, 2.45) is 18.7 Å². The minimum atomic E-state index is -1.11. The lowest BCUT2D eigenvalue weighted by Crippen LogP contribution is -2.51. The van der Waals surface area contributed by atoms with Gasteiger partial charge in [0, 0.05) is 96.7 Å². The van der Waals surface area contributed by atoms with E-state index in [1.165, 1.54) is 23.1 Å². The van der Waals surface area contributed by atoms with E-state index in [0.717, 1.165) is 99.6 Å². The molecule has 1 saturated carbocycles. The van der Waals surface area contributed by atoms with Crippen molar-refractivity contribution in [2.75, 3.05) is 57.4 Å². The van der Waals surface area contributed by atoms with Gasteiger partial charge in [-0.2, -0.15) is 5.10 Å². The number of likely N-dealkylation sites (tertiary alicyclic amines) is 2. The summed E-state index contributed by atoms with van der Waals surface area (Å²) < 4.78 is 46.4. The van der Waals surface area contributed by atoms with E-state index < -0.39 is 40.1 Å². The highest BCUT2D eigenvalue weighted by molar-refractivity contribution is 6.34. The van der Waals surface area contributed by atoms with Gasteiger partial charge in [0.25, 0.3) is 0 Å². The fourth-order valence-corrected chi connectivity index (χ4v) is 12.7. The molecule has 5 aliphatic rings. The maximum Gasteiger partial charge on any atom is 0.329 e. The Morgan fingerprint density at radius 3 is 2.36 bits per heavy atom. The van der Waals surface area contributed by atoms with Crippen LogP contribution in [-0.4, -0.2) is 113 Å². The molecule has 0 spiro atoms. The fourth-order valence-electron chi connectivity index (χ4n) is 12.2. The summed E-state index contributed by atoms with van der Waals surface area (Å²) in [6.07, 6.45) is 6.96. The number of ether oxygens (including phenoxy) is 2. The summed E-state index contributed by atoms with van der Waals surface area (Å²) in [4.78, 5) is 57.4. The van der Waals surface area contributed by atoms with E-state index in [-0.39, 0.29) is 84.1 Å². The number of nitrogens with zero attached hydrogens (tertiary/aromatic N) is 5. The van der Waals surface area contributed by atoms with E-state index in [1.807, 2.05) is 50.4 Å². The highest BCUT2D eigenvalue weighted by Crippen LogP contribution is 2.56. The number of halogens is 4. The zero-order chi connectivity index (χ0) is 51.3. The van der Waals surface area contributed by atoms with Gasteiger partial charge in [-0.3, -0.25) is 29.3 Å². The van der Waals surface area contributed by atoms with Crippen LogP contribution in [0.3, 0.4) is 0 Å². The van der Waals surface area contributed by atoms with E-state index in [1.54, 1.807) is 4.68 Å². The molecule has 5 amide bonds. The Hall–Kier alpha value is -5.85. The standard InChI is InChI=1S/C54H60Cl2F2N8O7/c1-30-45-43(28-40(57)48(56)47(45)46-36(50(59)69)12-13-42(49(46)58)72-25-24-67)73-54(30,33-6-4-3-5-7-33)29-60-34-10-8-32(9-11-34)52(70)65-21-16-35(17-22-65)64-19-14-31(15-20-64)37-27-41-38(26-39(37)55)51(62-63(41)2)66-23-18-44(68)61-53(66)71/h3-7,12-13,26-28,30-32,34-35,60,67H,8-11,14-25,29H2,1-2H3,(H2,59,69)(H,61,68,71). The van der Waals surface area contributed by atoms with Gasteiger partial charge in [0.1, 0.15) is 18.2 Å². The average molecular weight is 1040 g/mol. The quantitative estimate of drug-likeness (QED) is 0.0898. The molecule has 5 aromatic rings. The van der Waals surface area contributed by atoms with Crippen molar-refractivity contribution in [1.29, 1.82) is 0 Å². The molecule has 0 bridgehead atoms. The number of aliphatic hydroxyl groups excluding tert-OH is 1. The molecule has 386 valence electrons. The Morgan fingerprint density at radius 1 is 0.945 bits per heavy atom. The molecule has 10 rings (SSSR count). The third-order valence-electron chi connectivity index (χ3n) is 16.1. The summed E-state index contributed by atoms with van der Waals surface area (Å²) >= 11 is 13.7. The van der Waals surface area contributed by atoms with Gasteiger partial charge in [-0.1, -0.05) is 60.5 Å². The van der Waals surface area contributed by atoms with Gasteiger partial charge < -0.3 is 35.4 Å². The van der Waals surface area contributed by atoms with Crippen LogP contribution in [0.4, 0.5) is 19.4 Å². The molecule has 4 aliphatic heterocycles. The molecular weight excluding hydrogens is 982 g/mol. The number of hydrogen-bond acceptors (Lipinski definition) is 10. The first-order chi connectivity index (χ1) is 35.2. The average Bonchev–Trinajstić information content (AvgIpc) is 3.87. The third kappa shape index (κ3) is 9.51. The summed E-state index contributed by atoms with van der Waals surface area (Å²) in [6.45, 7) is 5.18. The Morgan fingerprint density at radius 2 is 1.67 bits per heavy atom. The van der Waals surface area contributed by atoms with Gasteiger partial charge in [-0.15, -0.1) is 0 Å². The number of rotatable bonds is 13. The van der Waals surface area contributed by atoms with Gasteiger partial charge in [-0.25, -0.2) is 13.6 Å². The van der Waals surface area contributed by atoms with Crippen LogP contribution in [0, 0.1) is 17.6 Å². The molecule has 5 N–H and O–H groups in total. The molecular formula is C54H60Cl2F2N8O7. The van der Waals surface area contributed by atoms with Crippen molar-refractivity contribution in [3.63, 3.8) is 0 Å². The van der Waals surface area contributed by atoms with E-state index >= 15 is 8.78 Å². The van der Waals surface area contributed by atoms with Gasteiger partial charge in [0.2, 0.25) is 17.7 Å². The normalized spacial score (nSPS) is 23.1. The van der Waals surface area contributed by atoms with Crippen molar-refractivity contribution in [3.8, 4) is 22.6 Å². The number of benzene rings is 4. The summed E-state index contributed by atoms with van der Waals surface area (Å²) in [5, 5.41) is 21.2. The number of carbonyl (C=O) groups excluding carboxylic acids is 4. The van der Waals surface area contributed by atoms with Crippen LogP contribution in [0.1, 0.15) is 104 Å². The molecule has 0 radical (unpaired) electrons. The number of hydrogen-bond donors (Lipinski definition) is 4. The largest absolute Gasteiger partial charge is 0.488 e. The van der Waals surface area contributed by atoms with Crippen molar-refractivity contribution in [2.45, 2.75) is 94.2 Å². The van der Waals surface area contributed by atoms with Crippen LogP contribution in [0.25, 0.3) is 22.0 Å². The molecule has 1 aliphatic carbocycles. The third-order valence-corrected chi connectivity index (χ3v) is 16.8. The van der Waals surface area contributed by atoms with Crippen LogP contribution >= 0.6 is 23.2 Å². The second-order valence-corrected chi connectivity index (χ2v) is 20.9. The number of aliphatic hydroxyl groups is 1. The maximum absolute atomic E-state index is 16.5. The predicted molar refractivity (Wildman–Crippen MR) is 273 cm³/mol. The lowest BCUT2D eigenvalue weighted by Gasteiger charge is -2.43. The molecule has 4 aromatic carbocycles. The second-order valence-electron chi connectivity index (χ2n) is 20.2. The molecule has 1 aromatic heterocycles. The van der Waals surface area contributed by atoms with Crippen molar-refractivity contribution in [3.05, 3.63) is 105 Å².